The number of urea groups is 1. The molecule has 6 rings (SSSR count). The summed E-state index contributed by atoms with van der Waals surface area (Å²) < 4.78 is 7.74. The van der Waals surface area contributed by atoms with Crippen molar-refractivity contribution in [2.24, 2.45) is 0 Å². The van der Waals surface area contributed by atoms with Crippen molar-refractivity contribution in [3.8, 4) is 11.3 Å². The van der Waals surface area contributed by atoms with E-state index in [1.54, 1.807) is 6.07 Å². The van der Waals surface area contributed by atoms with E-state index in [1.807, 2.05) is 40.1 Å². The predicted octanol–water partition coefficient (Wildman–Crippen LogP) is 5.33. The van der Waals surface area contributed by atoms with Crippen LogP contribution in [0.1, 0.15) is 53.9 Å². The second-order valence-corrected chi connectivity index (χ2v) is 9.84. The molecule has 0 spiro atoms. The number of fused-ring (bicyclic) bond motifs is 5. The standard InChI is InChI=1S/C28H31N3O4/c32-27(33)20-10-11-21-24(18-20)30-12-13-31(28(34)29-14-16-35-17-15-29)23-9-5-4-8-22(23)26(30)25(21)19-6-2-1-3-7-19/h4-5,8-11,18-19H,1-3,6-7,12-17H2,(H,32,33). The maximum absolute atomic E-state index is 13.6. The maximum atomic E-state index is 13.6. The summed E-state index contributed by atoms with van der Waals surface area (Å²) in [7, 11) is 0. The first-order valence-corrected chi connectivity index (χ1v) is 12.8. The molecule has 3 heterocycles. The number of hydrogen-bond acceptors (Lipinski definition) is 3. The minimum Gasteiger partial charge on any atom is -0.478 e. The van der Waals surface area contributed by atoms with E-state index in [4.69, 9.17) is 4.74 Å². The Morgan fingerprint density at radius 3 is 2.46 bits per heavy atom. The number of rotatable bonds is 2. The van der Waals surface area contributed by atoms with Gasteiger partial charge in [0.2, 0.25) is 0 Å². The van der Waals surface area contributed by atoms with E-state index in [9.17, 15) is 14.7 Å². The summed E-state index contributed by atoms with van der Waals surface area (Å²) in [5.74, 6) is -0.479. The minimum atomic E-state index is -0.917. The Balaban J connectivity index is 1.55. The van der Waals surface area contributed by atoms with Gasteiger partial charge in [-0.2, -0.15) is 0 Å². The van der Waals surface area contributed by atoms with Crippen LogP contribution in [0.2, 0.25) is 0 Å². The molecular weight excluding hydrogens is 442 g/mol. The number of benzene rings is 2. The number of carboxylic acids is 1. The molecule has 1 saturated heterocycles. The molecule has 0 radical (unpaired) electrons. The molecule has 3 aliphatic rings. The number of ether oxygens (including phenoxy) is 1. The third kappa shape index (κ3) is 3.78. The zero-order chi connectivity index (χ0) is 23.9. The van der Waals surface area contributed by atoms with E-state index in [0.717, 1.165) is 40.7 Å². The van der Waals surface area contributed by atoms with Gasteiger partial charge < -0.3 is 19.3 Å². The van der Waals surface area contributed by atoms with Crippen LogP contribution < -0.4 is 4.90 Å². The first-order chi connectivity index (χ1) is 17.1. The van der Waals surface area contributed by atoms with Gasteiger partial charge in [0.15, 0.2) is 0 Å². The van der Waals surface area contributed by atoms with Crippen LogP contribution in [0.3, 0.4) is 0 Å². The SMILES string of the molecule is O=C(O)c1ccc2c(C3CCCCC3)c3n(c2c1)CCN(C(=O)N1CCOCC1)c1ccccc1-3. The Morgan fingerprint density at radius 1 is 0.914 bits per heavy atom. The zero-order valence-electron chi connectivity index (χ0n) is 19.9. The molecule has 0 bridgehead atoms. The van der Waals surface area contributed by atoms with Crippen LogP contribution in [0.25, 0.3) is 22.2 Å². The molecule has 1 aliphatic carbocycles. The average Bonchev–Trinajstić information content (AvgIpc) is 3.13. The van der Waals surface area contributed by atoms with Crippen LogP contribution in [0.15, 0.2) is 42.5 Å². The fraction of sp³-hybridized carbons (Fsp3) is 0.429. The minimum absolute atomic E-state index is 0.0150. The zero-order valence-corrected chi connectivity index (χ0v) is 19.9. The molecule has 7 nitrogen and oxygen atoms in total. The summed E-state index contributed by atoms with van der Waals surface area (Å²) in [5.41, 5.74) is 5.72. The molecule has 2 aliphatic heterocycles. The normalized spacial score (nSPS) is 18.7. The smallest absolute Gasteiger partial charge is 0.335 e. The Morgan fingerprint density at radius 2 is 1.69 bits per heavy atom. The van der Waals surface area contributed by atoms with Crippen LogP contribution in [-0.4, -0.2) is 59.4 Å². The molecule has 0 unspecified atom stereocenters. The van der Waals surface area contributed by atoms with E-state index in [-0.39, 0.29) is 6.03 Å². The van der Waals surface area contributed by atoms with Crippen molar-refractivity contribution in [2.45, 2.75) is 44.6 Å². The van der Waals surface area contributed by atoms with Crippen LogP contribution in [-0.2, 0) is 11.3 Å². The molecule has 3 aromatic rings. The lowest BCUT2D eigenvalue weighted by molar-refractivity contribution is 0.0548. The second kappa shape index (κ2) is 9.04. The number of amides is 2. The quantitative estimate of drug-likeness (QED) is 0.546. The fourth-order valence-corrected chi connectivity index (χ4v) is 6.19. The monoisotopic (exact) mass is 473 g/mol. The molecule has 1 N–H and O–H groups in total. The van der Waals surface area contributed by atoms with E-state index < -0.39 is 5.97 Å². The summed E-state index contributed by atoms with van der Waals surface area (Å²) in [4.78, 5) is 29.3. The number of carbonyl (C=O) groups excluding carboxylic acids is 1. The highest BCUT2D eigenvalue weighted by atomic mass is 16.5. The molecule has 1 aromatic heterocycles. The van der Waals surface area contributed by atoms with Crippen LogP contribution in [0.5, 0.6) is 0 Å². The van der Waals surface area contributed by atoms with Gasteiger partial charge in [-0.05, 0) is 42.5 Å². The molecule has 2 fully saturated rings. The highest BCUT2D eigenvalue weighted by Gasteiger charge is 2.33. The van der Waals surface area contributed by atoms with Crippen molar-refractivity contribution in [2.75, 3.05) is 37.7 Å². The molecule has 7 heteroatoms. The van der Waals surface area contributed by atoms with Gasteiger partial charge in [0.25, 0.3) is 0 Å². The van der Waals surface area contributed by atoms with Gasteiger partial charge in [-0.3, -0.25) is 4.90 Å². The van der Waals surface area contributed by atoms with E-state index in [0.29, 0.717) is 50.9 Å². The summed E-state index contributed by atoms with van der Waals surface area (Å²) >= 11 is 0. The maximum Gasteiger partial charge on any atom is 0.335 e. The summed E-state index contributed by atoms with van der Waals surface area (Å²) in [6, 6.07) is 13.8. The summed E-state index contributed by atoms with van der Waals surface area (Å²) in [6.07, 6.45) is 5.99. The largest absolute Gasteiger partial charge is 0.478 e. The number of morpholine rings is 1. The molecule has 2 amide bonds. The van der Waals surface area contributed by atoms with E-state index >= 15 is 0 Å². The summed E-state index contributed by atoms with van der Waals surface area (Å²) in [6.45, 7) is 3.48. The van der Waals surface area contributed by atoms with Crippen LogP contribution >= 0.6 is 0 Å². The van der Waals surface area contributed by atoms with Gasteiger partial charge in [0.1, 0.15) is 0 Å². The molecule has 1 saturated carbocycles. The number of anilines is 1. The molecule has 35 heavy (non-hydrogen) atoms. The number of aromatic nitrogens is 1. The van der Waals surface area contributed by atoms with Crippen molar-refractivity contribution < 1.29 is 19.4 Å². The number of hydrogen-bond donors (Lipinski definition) is 1. The first-order valence-electron chi connectivity index (χ1n) is 12.8. The summed E-state index contributed by atoms with van der Waals surface area (Å²) in [5, 5.41) is 10.9. The van der Waals surface area contributed by atoms with Gasteiger partial charge in [-0.15, -0.1) is 0 Å². The van der Waals surface area contributed by atoms with Crippen molar-refractivity contribution >= 4 is 28.6 Å². The molecular formula is C28H31N3O4. The molecule has 182 valence electrons. The molecule has 2 aromatic carbocycles. The Bertz CT molecular complexity index is 1280. The van der Waals surface area contributed by atoms with Crippen molar-refractivity contribution in [1.82, 2.24) is 9.47 Å². The van der Waals surface area contributed by atoms with Crippen LogP contribution in [0.4, 0.5) is 10.5 Å². The lowest BCUT2D eigenvalue weighted by Gasteiger charge is -2.33. The Labute approximate surface area is 204 Å². The lowest BCUT2D eigenvalue weighted by atomic mass is 9.81. The number of aromatic carboxylic acids is 1. The number of carbonyl (C=O) groups is 2. The van der Waals surface area contributed by atoms with Crippen LogP contribution in [0, 0.1) is 0 Å². The molecule has 0 atom stereocenters. The fourth-order valence-electron chi connectivity index (χ4n) is 6.19. The third-order valence-electron chi connectivity index (χ3n) is 7.87. The highest BCUT2D eigenvalue weighted by Crippen LogP contribution is 2.47. The van der Waals surface area contributed by atoms with Gasteiger partial charge in [-0.1, -0.05) is 43.5 Å². The predicted molar refractivity (Wildman–Crippen MR) is 135 cm³/mol. The van der Waals surface area contributed by atoms with Crippen molar-refractivity contribution in [3.63, 3.8) is 0 Å². The van der Waals surface area contributed by atoms with Gasteiger partial charge in [0.05, 0.1) is 30.2 Å². The highest BCUT2D eigenvalue weighted by molar-refractivity contribution is 6.02. The van der Waals surface area contributed by atoms with Crippen molar-refractivity contribution in [1.29, 1.82) is 0 Å². The Hall–Kier alpha value is -3.32. The van der Waals surface area contributed by atoms with Gasteiger partial charge in [-0.25, -0.2) is 9.59 Å². The second-order valence-electron chi connectivity index (χ2n) is 9.84. The average molecular weight is 474 g/mol. The van der Waals surface area contributed by atoms with E-state index in [1.165, 1.54) is 24.8 Å². The first kappa shape index (κ1) is 22.2. The number of carboxylic acid groups (broad SMARTS) is 1. The van der Waals surface area contributed by atoms with Crippen molar-refractivity contribution in [3.05, 3.63) is 53.6 Å². The Kier molecular flexibility index (Phi) is 5.72. The van der Waals surface area contributed by atoms with E-state index in [2.05, 4.69) is 10.6 Å². The third-order valence-corrected chi connectivity index (χ3v) is 7.87. The topological polar surface area (TPSA) is 75.0 Å². The lowest BCUT2D eigenvalue weighted by Crippen LogP contribution is -2.49. The number of nitrogens with zero attached hydrogens (tertiary/aromatic N) is 3. The number of para-hydroxylation sites is 1. The van der Waals surface area contributed by atoms with Gasteiger partial charge >= 0.3 is 12.0 Å². The van der Waals surface area contributed by atoms with Gasteiger partial charge in [0, 0.05) is 42.6 Å².